The van der Waals surface area contributed by atoms with Gasteiger partial charge in [0.25, 0.3) is 0 Å². The van der Waals surface area contributed by atoms with Crippen molar-refractivity contribution >= 4 is 27.3 Å². The molecule has 0 aromatic carbocycles. The fourth-order valence-electron chi connectivity index (χ4n) is 0.989. The Hall–Kier alpha value is -1.00. The van der Waals surface area contributed by atoms with Gasteiger partial charge >= 0.3 is 5.97 Å². The Balaban J connectivity index is 2.93. The van der Waals surface area contributed by atoms with Crippen LogP contribution in [0.3, 0.4) is 0 Å². The van der Waals surface area contributed by atoms with E-state index in [1.807, 2.05) is 0 Å². The lowest BCUT2D eigenvalue weighted by molar-refractivity contribution is 0.0702. The first-order chi connectivity index (χ1) is 7.90. The van der Waals surface area contributed by atoms with Crippen molar-refractivity contribution in [1.29, 1.82) is 0 Å². The highest BCUT2D eigenvalue weighted by Gasteiger charge is 2.22. The number of hydrogen-bond acceptors (Lipinski definition) is 6. The topological polar surface area (TPSA) is 124 Å². The molecule has 0 amide bonds. The third kappa shape index (κ3) is 3.48. The second-order valence-corrected chi connectivity index (χ2v) is 6.13. The molecule has 0 aliphatic rings. The van der Waals surface area contributed by atoms with Crippen molar-refractivity contribution in [2.24, 2.45) is 0 Å². The van der Waals surface area contributed by atoms with Gasteiger partial charge in [-0.1, -0.05) is 0 Å². The SMILES string of the molecule is O=C(O)c1ccc(S(=O)(=O)NC(CO)CO)s1. The highest BCUT2D eigenvalue weighted by molar-refractivity contribution is 7.91. The molecule has 96 valence electrons. The lowest BCUT2D eigenvalue weighted by Crippen LogP contribution is -2.39. The van der Waals surface area contributed by atoms with Gasteiger partial charge in [0.1, 0.15) is 9.09 Å². The molecule has 0 saturated carbocycles. The summed E-state index contributed by atoms with van der Waals surface area (Å²) in [4.78, 5) is 10.5. The smallest absolute Gasteiger partial charge is 0.345 e. The van der Waals surface area contributed by atoms with E-state index in [0.717, 1.165) is 6.07 Å². The van der Waals surface area contributed by atoms with E-state index in [2.05, 4.69) is 4.72 Å². The second kappa shape index (κ2) is 5.56. The molecule has 7 nitrogen and oxygen atoms in total. The van der Waals surface area contributed by atoms with Crippen LogP contribution in [0.4, 0.5) is 0 Å². The zero-order chi connectivity index (χ0) is 13.1. The fourth-order valence-corrected chi connectivity index (χ4v) is 3.37. The van der Waals surface area contributed by atoms with Gasteiger partial charge in [-0.3, -0.25) is 0 Å². The number of carboxylic acid groups (broad SMARTS) is 1. The minimum atomic E-state index is -3.91. The third-order valence-electron chi connectivity index (χ3n) is 1.82. The highest BCUT2D eigenvalue weighted by atomic mass is 32.2. The lowest BCUT2D eigenvalue weighted by atomic mass is 10.4. The number of aliphatic hydroxyl groups is 2. The Morgan fingerprint density at radius 1 is 1.35 bits per heavy atom. The molecule has 4 N–H and O–H groups in total. The van der Waals surface area contributed by atoms with Gasteiger partial charge in [0.2, 0.25) is 10.0 Å². The van der Waals surface area contributed by atoms with Gasteiger partial charge in [-0.25, -0.2) is 17.9 Å². The van der Waals surface area contributed by atoms with Crippen molar-refractivity contribution in [2.45, 2.75) is 10.3 Å². The van der Waals surface area contributed by atoms with Crippen LogP contribution >= 0.6 is 11.3 Å². The molecule has 1 aromatic rings. The number of rotatable bonds is 6. The molecule has 0 unspecified atom stereocenters. The van der Waals surface area contributed by atoms with Crippen LogP contribution in [0.25, 0.3) is 0 Å². The predicted molar refractivity (Wildman–Crippen MR) is 59.6 cm³/mol. The van der Waals surface area contributed by atoms with E-state index in [1.54, 1.807) is 0 Å². The Morgan fingerprint density at radius 2 is 1.94 bits per heavy atom. The van der Waals surface area contributed by atoms with Gasteiger partial charge in [-0.2, -0.15) is 0 Å². The molecule has 1 heterocycles. The molecule has 0 radical (unpaired) electrons. The summed E-state index contributed by atoms with van der Waals surface area (Å²) in [6.45, 7) is -1.10. The molecule has 1 rings (SSSR count). The van der Waals surface area contributed by atoms with Gasteiger partial charge in [0.05, 0.1) is 19.3 Å². The van der Waals surface area contributed by atoms with Crippen LogP contribution in [-0.4, -0.2) is 49.0 Å². The first kappa shape index (κ1) is 14.1. The van der Waals surface area contributed by atoms with Crippen molar-refractivity contribution in [2.75, 3.05) is 13.2 Å². The molecular weight excluding hydrogens is 270 g/mol. The van der Waals surface area contributed by atoms with Crippen molar-refractivity contribution in [3.05, 3.63) is 17.0 Å². The van der Waals surface area contributed by atoms with Crippen molar-refractivity contribution in [3.63, 3.8) is 0 Å². The number of nitrogens with one attached hydrogen (secondary N) is 1. The third-order valence-corrected chi connectivity index (χ3v) is 4.91. The van der Waals surface area contributed by atoms with E-state index in [1.165, 1.54) is 6.07 Å². The first-order valence-electron chi connectivity index (χ1n) is 4.48. The molecule has 9 heteroatoms. The van der Waals surface area contributed by atoms with E-state index in [9.17, 15) is 13.2 Å². The largest absolute Gasteiger partial charge is 0.477 e. The summed E-state index contributed by atoms with van der Waals surface area (Å²) in [6.07, 6.45) is 0. The zero-order valence-electron chi connectivity index (χ0n) is 8.53. The van der Waals surface area contributed by atoms with Crippen LogP contribution in [0, 0.1) is 0 Å². The van der Waals surface area contributed by atoms with Gasteiger partial charge in [0.15, 0.2) is 0 Å². The van der Waals surface area contributed by atoms with E-state index < -0.39 is 35.2 Å². The summed E-state index contributed by atoms with van der Waals surface area (Å²) in [7, 11) is -3.91. The summed E-state index contributed by atoms with van der Waals surface area (Å²) in [5, 5.41) is 26.2. The second-order valence-electron chi connectivity index (χ2n) is 3.11. The lowest BCUT2D eigenvalue weighted by Gasteiger charge is -2.12. The molecular formula is C8H11NO6S2. The summed E-state index contributed by atoms with van der Waals surface area (Å²) in [5.41, 5.74) is 0. The Bertz CT molecular complexity index is 490. The maximum atomic E-state index is 11.7. The van der Waals surface area contributed by atoms with Crippen LogP contribution < -0.4 is 4.72 Å². The highest BCUT2D eigenvalue weighted by Crippen LogP contribution is 2.21. The molecule has 0 fully saturated rings. The monoisotopic (exact) mass is 281 g/mol. The molecule has 0 aliphatic heterocycles. The molecule has 0 spiro atoms. The van der Waals surface area contributed by atoms with Crippen molar-refractivity contribution < 1.29 is 28.5 Å². The predicted octanol–water partition coefficient (Wildman–Crippen LogP) is -0.922. The van der Waals surface area contributed by atoms with E-state index in [-0.39, 0.29) is 9.09 Å². The average Bonchev–Trinajstić information content (AvgIpc) is 2.75. The minimum absolute atomic E-state index is 0.102. The number of carbonyl (C=O) groups is 1. The van der Waals surface area contributed by atoms with E-state index in [0.29, 0.717) is 11.3 Å². The van der Waals surface area contributed by atoms with Gasteiger partial charge in [0, 0.05) is 0 Å². The number of aliphatic hydroxyl groups excluding tert-OH is 2. The molecule has 0 atom stereocenters. The number of aromatic carboxylic acids is 1. The first-order valence-corrected chi connectivity index (χ1v) is 6.78. The summed E-state index contributed by atoms with van der Waals surface area (Å²) < 4.78 is 25.2. The maximum absolute atomic E-state index is 11.7. The molecule has 0 aliphatic carbocycles. The normalized spacial score (nSPS) is 11.9. The average molecular weight is 281 g/mol. The molecule has 17 heavy (non-hydrogen) atoms. The van der Waals surface area contributed by atoms with Crippen LogP contribution in [0.5, 0.6) is 0 Å². The number of hydrogen-bond donors (Lipinski definition) is 4. The van der Waals surface area contributed by atoms with Gasteiger partial charge in [-0.05, 0) is 12.1 Å². The fraction of sp³-hybridized carbons (Fsp3) is 0.375. The molecule has 1 aromatic heterocycles. The Labute approximate surface area is 101 Å². The summed E-state index contributed by atoms with van der Waals surface area (Å²) in [6, 6.07) is 1.33. The van der Waals surface area contributed by atoms with Crippen molar-refractivity contribution in [3.8, 4) is 0 Å². The number of sulfonamides is 1. The van der Waals surface area contributed by atoms with Crippen molar-refractivity contribution in [1.82, 2.24) is 4.72 Å². The molecule has 0 saturated heterocycles. The number of thiophene rings is 1. The Kier molecular flexibility index (Phi) is 4.60. The van der Waals surface area contributed by atoms with Crippen LogP contribution in [0.1, 0.15) is 9.67 Å². The van der Waals surface area contributed by atoms with Crippen LogP contribution in [0.2, 0.25) is 0 Å². The quantitative estimate of drug-likeness (QED) is 0.534. The van der Waals surface area contributed by atoms with E-state index >= 15 is 0 Å². The Morgan fingerprint density at radius 3 is 2.35 bits per heavy atom. The summed E-state index contributed by atoms with van der Waals surface area (Å²) in [5.74, 6) is -1.21. The minimum Gasteiger partial charge on any atom is -0.477 e. The zero-order valence-corrected chi connectivity index (χ0v) is 10.2. The summed E-state index contributed by atoms with van der Waals surface area (Å²) >= 11 is 0.598. The molecule has 0 bridgehead atoms. The maximum Gasteiger partial charge on any atom is 0.345 e. The van der Waals surface area contributed by atoms with Crippen LogP contribution in [0.15, 0.2) is 16.3 Å². The van der Waals surface area contributed by atoms with Gasteiger partial charge < -0.3 is 15.3 Å². The van der Waals surface area contributed by atoms with E-state index in [4.69, 9.17) is 15.3 Å². The van der Waals surface area contributed by atoms with Crippen LogP contribution in [-0.2, 0) is 10.0 Å². The van der Waals surface area contributed by atoms with Gasteiger partial charge in [-0.15, -0.1) is 11.3 Å². The number of carboxylic acids is 1. The standard InChI is InChI=1S/C8H11NO6S2/c10-3-5(4-11)9-17(14,15)7-2-1-6(16-7)8(12)13/h1-2,5,9-11H,3-4H2,(H,12,13).